The zero-order chi connectivity index (χ0) is 20.4. The van der Waals surface area contributed by atoms with Crippen molar-refractivity contribution in [3.05, 3.63) is 0 Å². The Balaban J connectivity index is -0.0000000827. The molecule has 0 radical (unpaired) electrons. The van der Waals surface area contributed by atoms with Gasteiger partial charge in [0.15, 0.2) is 0 Å². The number of hydrogen-bond acceptors (Lipinski definition) is 4. The first kappa shape index (κ1) is 36.9. The molecular weight excluding hydrogens is 476 g/mol. The predicted octanol–water partition coefficient (Wildman–Crippen LogP) is 3.94. The van der Waals surface area contributed by atoms with Crippen LogP contribution in [0.25, 0.3) is 0 Å². The molecule has 0 atom stereocenters. The number of rotatable bonds is 2. The van der Waals surface area contributed by atoms with Crippen molar-refractivity contribution in [3.8, 4) is 0 Å². The summed E-state index contributed by atoms with van der Waals surface area (Å²) in [6, 6.07) is 0. The third-order valence-electron chi connectivity index (χ3n) is 0.601. The van der Waals surface area contributed by atoms with E-state index in [1.54, 1.807) is 0 Å². The molecular formula is CH4F12Li2O6P2S2. The molecule has 2 N–H and O–H groups in total. The topological polar surface area (TPSA) is 109 Å². The van der Waals surface area contributed by atoms with Crippen LogP contribution in [-0.4, -0.2) is 68.2 Å². The fourth-order valence-electron chi connectivity index (χ4n) is 0.133. The van der Waals surface area contributed by atoms with Gasteiger partial charge in [0.1, 0.15) is 0 Å². The summed E-state index contributed by atoms with van der Waals surface area (Å²) in [5.41, 5.74) is 0. The van der Waals surface area contributed by atoms with Gasteiger partial charge in [-0.25, -0.2) is 0 Å². The molecule has 0 fully saturated rings. The monoisotopic (exact) mass is 480 g/mol. The third-order valence-corrected chi connectivity index (χ3v) is 3.07. The van der Waals surface area contributed by atoms with E-state index in [0.717, 1.165) is 0 Å². The van der Waals surface area contributed by atoms with Gasteiger partial charge >= 0.3 is 121 Å². The summed E-state index contributed by atoms with van der Waals surface area (Å²) in [5, 5.41) is 0. The van der Waals surface area contributed by atoms with Crippen LogP contribution in [0, 0.1) is 0 Å². The summed E-state index contributed by atoms with van der Waals surface area (Å²) in [6.45, 7) is 0. The van der Waals surface area contributed by atoms with Crippen LogP contribution < -0.4 is 0 Å². The summed E-state index contributed by atoms with van der Waals surface area (Å²) in [5.74, 6) is 0. The fourth-order valence-corrected chi connectivity index (χ4v) is 1.20. The van der Waals surface area contributed by atoms with E-state index in [9.17, 15) is 67.6 Å². The van der Waals surface area contributed by atoms with Crippen LogP contribution in [0.2, 0.25) is 0 Å². The van der Waals surface area contributed by atoms with Gasteiger partial charge in [-0.1, -0.05) is 0 Å². The van der Waals surface area contributed by atoms with E-state index in [1.807, 2.05) is 0 Å². The van der Waals surface area contributed by atoms with E-state index in [-0.39, 0.29) is 37.7 Å². The maximum absolute atomic E-state index is 11.8. The molecule has 0 amide bonds. The molecule has 0 rings (SSSR count). The Hall–Kier alpha value is 1.03. The second-order valence-corrected chi connectivity index (χ2v) is 8.43. The number of halogens is 12. The summed E-state index contributed by atoms with van der Waals surface area (Å²) in [7, 11) is -29.4. The molecule has 0 unspecified atom stereocenters. The van der Waals surface area contributed by atoms with Gasteiger partial charge in [-0.15, -0.1) is 0 Å². The van der Waals surface area contributed by atoms with Crippen LogP contribution >= 0.6 is 16.3 Å². The van der Waals surface area contributed by atoms with E-state index in [4.69, 9.17) is 9.11 Å². The van der Waals surface area contributed by atoms with Gasteiger partial charge < -0.3 is 0 Å². The van der Waals surface area contributed by atoms with Gasteiger partial charge in [0.25, 0.3) is 0 Å². The van der Waals surface area contributed by atoms with Crippen molar-refractivity contribution in [1.29, 1.82) is 0 Å². The van der Waals surface area contributed by atoms with Gasteiger partial charge in [0.2, 0.25) is 0 Å². The molecule has 0 aliphatic rings. The molecule has 0 saturated heterocycles. The van der Waals surface area contributed by atoms with E-state index in [0.29, 0.717) is 0 Å². The standard InChI is InChI=1S/CH2F2O6S2.2F5P.2Li.2H/c2-1(3,10(4,5)6)11(7,8)9;2*1-6(2,3,4)5;;;;/h(H,4,5,6)(H,7,8,9);;;;;;. The predicted molar refractivity (Wildman–Crippen MR) is 67.3 cm³/mol. The van der Waals surface area contributed by atoms with E-state index >= 15 is 0 Å². The van der Waals surface area contributed by atoms with Crippen LogP contribution in [0.5, 0.6) is 0 Å². The van der Waals surface area contributed by atoms with Crippen molar-refractivity contribution in [1.82, 2.24) is 0 Å². The summed E-state index contributed by atoms with van der Waals surface area (Å²) >= 11 is 0. The van der Waals surface area contributed by atoms with Gasteiger partial charge in [-0.2, -0.15) is 25.6 Å². The van der Waals surface area contributed by atoms with Crippen molar-refractivity contribution in [2.45, 2.75) is 4.59 Å². The normalized spacial score (nSPS) is 15.8. The van der Waals surface area contributed by atoms with E-state index in [2.05, 4.69) is 0 Å². The average Bonchev–Trinajstić information content (AvgIpc) is 1.87. The molecule has 152 valence electrons. The Morgan fingerprint density at radius 2 is 0.640 bits per heavy atom. The molecule has 6 nitrogen and oxygen atoms in total. The SMILES string of the molecule is FP(F)(F)(F)F.FP(F)(F)(F)F.O=S(=O)(O)C(F)(F)S(=O)(=O)O.[LiH].[LiH]. The Bertz CT molecular complexity index is 526. The molecule has 25 heavy (non-hydrogen) atoms. The minimum absolute atomic E-state index is 0. The Morgan fingerprint density at radius 3 is 0.640 bits per heavy atom. The zero-order valence-electron chi connectivity index (χ0n) is 9.27. The molecule has 0 aromatic rings. The third kappa shape index (κ3) is 36.7. The zero-order valence-corrected chi connectivity index (χ0v) is 12.7. The fraction of sp³-hybridized carbons (Fsp3) is 1.00. The Morgan fingerprint density at radius 1 is 0.560 bits per heavy atom. The summed E-state index contributed by atoms with van der Waals surface area (Å²) in [4.78, 5) is 0. The van der Waals surface area contributed by atoms with Gasteiger partial charge in [-0.05, 0) is 0 Å². The quantitative estimate of drug-likeness (QED) is 0.269. The molecule has 0 spiro atoms. The molecule has 0 aromatic heterocycles. The average molecular weight is 480 g/mol. The van der Waals surface area contributed by atoms with Crippen LogP contribution in [0.1, 0.15) is 0 Å². The molecule has 0 bridgehead atoms. The van der Waals surface area contributed by atoms with Crippen molar-refractivity contribution >= 4 is 74.3 Å². The Labute approximate surface area is 155 Å². The van der Waals surface area contributed by atoms with Crippen molar-refractivity contribution in [2.24, 2.45) is 0 Å². The number of alkyl halides is 2. The summed E-state index contributed by atoms with van der Waals surface area (Å²) < 4.78 is 170. The van der Waals surface area contributed by atoms with Gasteiger partial charge in [-0.3, -0.25) is 9.11 Å². The molecule has 0 aliphatic heterocycles. The maximum atomic E-state index is 11.8. The Kier molecular flexibility index (Phi) is 14.0. The first-order chi connectivity index (χ1) is 8.97. The summed E-state index contributed by atoms with van der Waals surface area (Å²) in [6.07, 6.45) is 0. The van der Waals surface area contributed by atoms with Crippen LogP contribution in [-0.2, 0) is 20.2 Å². The first-order valence-corrected chi connectivity index (χ1v) is 9.77. The van der Waals surface area contributed by atoms with Crippen molar-refractivity contribution in [2.75, 3.05) is 0 Å². The second-order valence-electron chi connectivity index (χ2n) is 2.69. The number of hydrogen-bond donors (Lipinski definition) is 2. The first-order valence-electron chi connectivity index (χ1n) is 3.51. The van der Waals surface area contributed by atoms with E-state index in [1.165, 1.54) is 0 Å². The van der Waals surface area contributed by atoms with Gasteiger partial charge in [0, 0.05) is 0 Å². The molecule has 0 heterocycles. The van der Waals surface area contributed by atoms with Crippen molar-refractivity contribution < 1.29 is 76.7 Å². The molecule has 0 aliphatic carbocycles. The molecule has 0 aromatic carbocycles. The van der Waals surface area contributed by atoms with Crippen LogP contribution in [0.15, 0.2) is 0 Å². The van der Waals surface area contributed by atoms with Gasteiger partial charge in [0.05, 0.1) is 0 Å². The van der Waals surface area contributed by atoms with Crippen LogP contribution in [0.4, 0.5) is 50.7 Å². The molecule has 0 saturated carbocycles. The minimum atomic E-state index is -8.55. The van der Waals surface area contributed by atoms with Crippen molar-refractivity contribution in [3.63, 3.8) is 0 Å². The molecule has 24 heteroatoms. The van der Waals surface area contributed by atoms with Crippen LogP contribution in [0.3, 0.4) is 0 Å². The second kappa shape index (κ2) is 9.49. The van der Waals surface area contributed by atoms with E-state index < -0.39 is 41.1 Å².